The molecule has 10 nitrogen and oxygen atoms in total. The molecule has 0 unspecified atom stereocenters. The number of anilines is 2. The number of hydrogen-bond donors (Lipinski definition) is 2. The summed E-state index contributed by atoms with van der Waals surface area (Å²) in [4.78, 5) is 43.5. The van der Waals surface area contributed by atoms with Gasteiger partial charge in [0.25, 0.3) is 11.8 Å². The van der Waals surface area contributed by atoms with Crippen molar-refractivity contribution < 1.29 is 43.3 Å². The van der Waals surface area contributed by atoms with Crippen molar-refractivity contribution in [2.24, 2.45) is 0 Å². The van der Waals surface area contributed by atoms with Crippen molar-refractivity contribution in [3.8, 4) is 0 Å². The Morgan fingerprint density at radius 2 is 1.61 bits per heavy atom. The third-order valence-electron chi connectivity index (χ3n) is 7.24. The molecule has 2 atom stereocenters. The van der Waals surface area contributed by atoms with Gasteiger partial charge in [-0.05, 0) is 82.3 Å². The van der Waals surface area contributed by atoms with Crippen LogP contribution in [0.3, 0.4) is 0 Å². The summed E-state index contributed by atoms with van der Waals surface area (Å²) in [5, 5.41) is 2.68. The largest absolute Gasteiger partial charge is 0.444 e. The number of ether oxygens (including phenoxy) is 2. The van der Waals surface area contributed by atoms with Crippen LogP contribution in [0.4, 0.5) is 35.7 Å². The Labute approximate surface area is 251 Å². The number of carbonyl (C=O) groups is 3. The molecule has 3 amide bonds. The zero-order valence-electron chi connectivity index (χ0n) is 24.7. The average Bonchev–Trinajstić information content (AvgIpc) is 2.91. The molecule has 3 N–H and O–H groups in total. The lowest BCUT2D eigenvalue weighted by Crippen LogP contribution is -2.54. The van der Waals surface area contributed by atoms with Crippen molar-refractivity contribution in [3.05, 3.63) is 47.7 Å². The molecular weight excluding hydrogens is 613 g/mol. The zero-order valence-corrected chi connectivity index (χ0v) is 25.5. The Hall–Kier alpha value is -3.66. The molecule has 0 saturated carbocycles. The number of nitrogens with one attached hydrogen (secondary N) is 1. The minimum absolute atomic E-state index is 0.0279. The normalized spacial score (nSPS) is 21.7. The summed E-state index contributed by atoms with van der Waals surface area (Å²) in [7, 11) is -9.83. The Morgan fingerprint density at radius 1 is 1.00 bits per heavy atom. The standard InChI is InChI=1S/C28H36F5N5O5S/c1-17-15-38(27(41)43-28(2,3)4)16-22(42-17)25(39)36-24-23(34)21(9-12-35-24)18-10-13-37(14-11-18)26(40)19-5-7-20(8-6-19)44(29,30,31,32)33/h5-9,12,17-18,22H,10-11,13-16,34H2,1-4H3,(H,35,36,39)/t17-,22-/m1/s1. The van der Waals surface area contributed by atoms with E-state index < -0.39 is 50.8 Å². The van der Waals surface area contributed by atoms with Crippen LogP contribution >= 0.6 is 10.2 Å². The van der Waals surface area contributed by atoms with Gasteiger partial charge in [0.15, 0.2) is 11.9 Å². The first-order valence-electron chi connectivity index (χ1n) is 13.9. The Morgan fingerprint density at radius 3 is 2.18 bits per heavy atom. The van der Waals surface area contributed by atoms with Gasteiger partial charge >= 0.3 is 16.3 Å². The highest BCUT2D eigenvalue weighted by atomic mass is 32.5. The van der Waals surface area contributed by atoms with Gasteiger partial charge in [-0.1, -0.05) is 19.4 Å². The number of halogens is 5. The summed E-state index contributed by atoms with van der Waals surface area (Å²) >= 11 is 0. The van der Waals surface area contributed by atoms with E-state index in [1.165, 1.54) is 16.0 Å². The predicted molar refractivity (Wildman–Crippen MR) is 155 cm³/mol. The first-order valence-corrected chi connectivity index (χ1v) is 15.9. The first kappa shape index (κ1) is 33.2. The molecule has 1 aromatic carbocycles. The maximum Gasteiger partial charge on any atom is 0.410 e. The molecule has 1 aromatic heterocycles. The smallest absolute Gasteiger partial charge is 0.410 e. The number of nitrogen functional groups attached to an aromatic ring is 1. The van der Waals surface area contributed by atoms with Crippen molar-refractivity contribution in [2.75, 3.05) is 37.2 Å². The summed E-state index contributed by atoms with van der Waals surface area (Å²) in [6.45, 7) is 7.68. The molecule has 16 heteroatoms. The molecule has 0 spiro atoms. The van der Waals surface area contributed by atoms with Crippen molar-refractivity contribution >= 4 is 39.6 Å². The minimum Gasteiger partial charge on any atom is -0.444 e. The number of rotatable bonds is 5. The fourth-order valence-corrected chi connectivity index (χ4v) is 5.79. The molecule has 2 saturated heterocycles. The van der Waals surface area contributed by atoms with Gasteiger partial charge in [-0.25, -0.2) is 9.78 Å². The Balaban J connectivity index is 1.38. The lowest BCUT2D eigenvalue weighted by atomic mass is 9.88. The third kappa shape index (κ3) is 8.08. The van der Waals surface area contributed by atoms with E-state index in [4.69, 9.17) is 15.2 Å². The van der Waals surface area contributed by atoms with E-state index in [9.17, 15) is 33.8 Å². The molecule has 3 heterocycles. The molecule has 2 aliphatic rings. The number of pyridine rings is 1. The van der Waals surface area contributed by atoms with Gasteiger partial charge in [0.2, 0.25) is 0 Å². The van der Waals surface area contributed by atoms with E-state index >= 15 is 0 Å². The summed E-state index contributed by atoms with van der Waals surface area (Å²) in [6, 6.07) is 3.66. The number of morpholine rings is 1. The van der Waals surface area contributed by atoms with E-state index in [1.807, 2.05) is 0 Å². The van der Waals surface area contributed by atoms with Crippen LogP contribution in [0.5, 0.6) is 0 Å². The Bertz CT molecular complexity index is 1430. The van der Waals surface area contributed by atoms with Gasteiger partial charge in [0.05, 0.1) is 24.9 Å². The highest BCUT2D eigenvalue weighted by Crippen LogP contribution is 3.02. The molecule has 0 aliphatic carbocycles. The van der Waals surface area contributed by atoms with Crippen molar-refractivity contribution in [3.63, 3.8) is 0 Å². The number of benzene rings is 1. The maximum absolute atomic E-state index is 13.1. The maximum atomic E-state index is 13.1. The number of hydrogen-bond acceptors (Lipinski definition) is 7. The quantitative estimate of drug-likeness (QED) is 0.364. The van der Waals surface area contributed by atoms with Gasteiger partial charge in [0.1, 0.15) is 10.5 Å². The van der Waals surface area contributed by atoms with Crippen LogP contribution in [0, 0.1) is 0 Å². The van der Waals surface area contributed by atoms with Crippen molar-refractivity contribution in [2.45, 2.75) is 69.2 Å². The molecule has 0 bridgehead atoms. The number of likely N-dealkylation sites (tertiary alicyclic amines) is 1. The van der Waals surface area contributed by atoms with Gasteiger partial charge < -0.3 is 30.3 Å². The minimum atomic E-state index is -9.83. The van der Waals surface area contributed by atoms with Crippen LogP contribution in [-0.2, 0) is 14.3 Å². The van der Waals surface area contributed by atoms with Gasteiger partial charge in [-0.3, -0.25) is 9.59 Å². The van der Waals surface area contributed by atoms with Gasteiger partial charge in [0, 0.05) is 24.8 Å². The number of amides is 3. The molecular formula is C28H36F5N5O5S. The first-order chi connectivity index (χ1) is 20.1. The average molecular weight is 650 g/mol. The summed E-state index contributed by atoms with van der Waals surface area (Å²) in [5.41, 5.74) is 6.47. The summed E-state index contributed by atoms with van der Waals surface area (Å²) in [5.74, 6) is -1.13. The summed E-state index contributed by atoms with van der Waals surface area (Å²) < 4.78 is 76.3. The highest BCUT2D eigenvalue weighted by molar-refractivity contribution is 8.45. The van der Waals surface area contributed by atoms with Crippen LogP contribution in [0.1, 0.15) is 62.4 Å². The van der Waals surface area contributed by atoms with E-state index in [1.54, 1.807) is 33.8 Å². The molecule has 4 rings (SSSR count). The fourth-order valence-electron chi connectivity index (χ4n) is 5.14. The number of carbonyl (C=O) groups excluding carboxylic acids is 3. The van der Waals surface area contributed by atoms with E-state index in [0.29, 0.717) is 18.4 Å². The molecule has 2 aliphatic heterocycles. The molecule has 2 aromatic rings. The van der Waals surface area contributed by atoms with E-state index in [2.05, 4.69) is 10.3 Å². The highest BCUT2D eigenvalue weighted by Gasteiger charge is 2.65. The van der Waals surface area contributed by atoms with E-state index in [-0.39, 0.29) is 61.3 Å². The predicted octanol–water partition coefficient (Wildman–Crippen LogP) is 6.30. The van der Waals surface area contributed by atoms with Crippen molar-refractivity contribution in [1.29, 1.82) is 0 Å². The third-order valence-corrected chi connectivity index (χ3v) is 8.40. The van der Waals surface area contributed by atoms with Gasteiger partial charge in [-0.2, -0.15) is 0 Å². The van der Waals surface area contributed by atoms with Crippen LogP contribution in [0.15, 0.2) is 41.4 Å². The molecule has 244 valence electrons. The second-order valence-corrected chi connectivity index (χ2v) is 14.4. The number of piperidine rings is 1. The molecule has 44 heavy (non-hydrogen) atoms. The number of nitrogens with zero attached hydrogens (tertiary/aromatic N) is 3. The molecule has 0 radical (unpaired) electrons. The van der Waals surface area contributed by atoms with Crippen LogP contribution in [0.2, 0.25) is 0 Å². The fraction of sp³-hybridized carbons (Fsp3) is 0.500. The number of nitrogens with two attached hydrogens (primary N) is 1. The Kier molecular flexibility index (Phi) is 8.35. The lowest BCUT2D eigenvalue weighted by molar-refractivity contribution is -0.139. The SMILES string of the molecule is C[C@@H]1CN(C(=O)OC(C)(C)C)C[C@H](C(=O)Nc2nccc(C3CCN(C(=O)c4ccc(S(F)(F)(F)(F)F)cc4)CC3)c2N)O1. The second kappa shape index (κ2) is 11.1. The van der Waals surface area contributed by atoms with Crippen molar-refractivity contribution in [1.82, 2.24) is 14.8 Å². The molecule has 2 fully saturated rings. The van der Waals surface area contributed by atoms with E-state index in [0.717, 1.165) is 12.1 Å². The zero-order chi connectivity index (χ0) is 32.7. The topological polar surface area (TPSA) is 127 Å². The van der Waals surface area contributed by atoms with Crippen LogP contribution < -0.4 is 11.1 Å². The van der Waals surface area contributed by atoms with Crippen LogP contribution in [-0.4, -0.2) is 76.7 Å². The van der Waals surface area contributed by atoms with Gasteiger partial charge in [-0.15, -0.1) is 0 Å². The summed E-state index contributed by atoms with van der Waals surface area (Å²) in [6.07, 6.45) is 0.396. The number of aromatic nitrogens is 1. The van der Waals surface area contributed by atoms with Crippen LogP contribution in [0.25, 0.3) is 0 Å². The lowest BCUT2D eigenvalue weighted by Gasteiger charge is -2.40. The monoisotopic (exact) mass is 649 g/mol. The second-order valence-electron chi connectivity index (χ2n) is 12.0.